The van der Waals surface area contributed by atoms with E-state index in [1.807, 2.05) is 26.0 Å². The Hall–Kier alpha value is -1.88. The molecule has 134 valence electrons. The fourth-order valence-corrected chi connectivity index (χ4v) is 2.94. The molecule has 0 fully saturated rings. The minimum absolute atomic E-state index is 0.0967. The van der Waals surface area contributed by atoms with Gasteiger partial charge >= 0.3 is 0 Å². The quantitative estimate of drug-likeness (QED) is 0.710. The van der Waals surface area contributed by atoms with E-state index < -0.39 is 12.0 Å². The predicted molar refractivity (Wildman–Crippen MR) is 102 cm³/mol. The van der Waals surface area contributed by atoms with Gasteiger partial charge in [0.15, 0.2) is 6.10 Å². The Morgan fingerprint density at radius 1 is 1.12 bits per heavy atom. The molecule has 0 aliphatic carbocycles. The summed E-state index contributed by atoms with van der Waals surface area (Å²) < 4.78 is 0. The predicted octanol–water partition coefficient (Wildman–Crippen LogP) is 3.01. The summed E-state index contributed by atoms with van der Waals surface area (Å²) in [6.07, 6.45) is 0.305. The number of hydrogen-bond donors (Lipinski definition) is 3. The normalized spacial score (nSPS) is 14.6. The van der Waals surface area contributed by atoms with Crippen molar-refractivity contribution in [3.8, 4) is 0 Å². The molecule has 0 spiro atoms. The topological polar surface area (TPSA) is 75.3 Å². The van der Waals surface area contributed by atoms with E-state index in [1.165, 1.54) is 5.56 Å². The highest BCUT2D eigenvalue weighted by Gasteiger charge is 2.19. The number of nitrogens with one attached hydrogen (secondary N) is 1. The molecule has 0 aliphatic rings. The van der Waals surface area contributed by atoms with Gasteiger partial charge in [-0.15, -0.1) is 0 Å². The number of aliphatic hydroxyl groups is 1. The Kier molecular flexibility index (Phi) is 7.00. The second kappa shape index (κ2) is 8.99. The van der Waals surface area contributed by atoms with Crippen LogP contribution in [0.2, 0.25) is 5.02 Å². The van der Waals surface area contributed by atoms with E-state index in [9.17, 15) is 9.90 Å². The zero-order chi connectivity index (χ0) is 18.4. The van der Waals surface area contributed by atoms with Crippen LogP contribution in [0, 0.1) is 0 Å². The third-order valence-corrected chi connectivity index (χ3v) is 4.16. The average molecular weight is 361 g/mol. The average Bonchev–Trinajstić information content (AvgIpc) is 2.55. The van der Waals surface area contributed by atoms with E-state index in [1.54, 1.807) is 24.3 Å². The van der Waals surface area contributed by atoms with Gasteiger partial charge in [0.1, 0.15) is 0 Å². The Morgan fingerprint density at radius 2 is 1.72 bits per heavy atom. The maximum absolute atomic E-state index is 12.2. The van der Waals surface area contributed by atoms with Gasteiger partial charge in [-0.3, -0.25) is 4.79 Å². The van der Waals surface area contributed by atoms with E-state index in [0.717, 1.165) is 12.0 Å². The number of amides is 1. The molecule has 1 amide bonds. The fraction of sp³-hybridized carbons (Fsp3) is 0.350. The van der Waals surface area contributed by atoms with Crippen molar-refractivity contribution < 1.29 is 9.90 Å². The van der Waals surface area contributed by atoms with E-state index in [2.05, 4.69) is 17.4 Å². The van der Waals surface area contributed by atoms with Crippen LogP contribution in [0.5, 0.6) is 0 Å². The van der Waals surface area contributed by atoms with Gasteiger partial charge in [0.25, 0.3) is 5.91 Å². The number of halogens is 1. The van der Waals surface area contributed by atoms with Crippen molar-refractivity contribution in [3.63, 3.8) is 0 Å². The van der Waals surface area contributed by atoms with Gasteiger partial charge in [-0.25, -0.2) is 0 Å². The highest BCUT2D eigenvalue weighted by molar-refractivity contribution is 6.30. The van der Waals surface area contributed by atoms with E-state index >= 15 is 0 Å². The molecule has 0 bridgehead atoms. The number of carbonyl (C=O) groups excluding carboxylic acids is 1. The monoisotopic (exact) mass is 360 g/mol. The Balaban J connectivity index is 1.90. The molecule has 2 rings (SSSR count). The maximum Gasteiger partial charge on any atom is 0.253 e. The lowest BCUT2D eigenvalue weighted by Crippen LogP contribution is -2.37. The first-order valence-electron chi connectivity index (χ1n) is 8.42. The molecule has 0 radical (unpaired) electrons. The Morgan fingerprint density at radius 3 is 2.28 bits per heavy atom. The van der Waals surface area contributed by atoms with Gasteiger partial charge < -0.3 is 16.2 Å². The summed E-state index contributed by atoms with van der Waals surface area (Å²) in [5.41, 5.74) is 8.61. The minimum atomic E-state index is -1.23. The molecule has 25 heavy (non-hydrogen) atoms. The zero-order valence-corrected chi connectivity index (χ0v) is 15.3. The smallest absolute Gasteiger partial charge is 0.253 e. The van der Waals surface area contributed by atoms with Crippen LogP contribution < -0.4 is 11.1 Å². The molecular weight excluding hydrogens is 336 g/mol. The van der Waals surface area contributed by atoms with Gasteiger partial charge in [-0.05, 0) is 55.5 Å². The first-order valence-corrected chi connectivity index (χ1v) is 8.80. The van der Waals surface area contributed by atoms with Gasteiger partial charge in [0.05, 0.1) is 0 Å². The molecule has 5 heteroatoms. The van der Waals surface area contributed by atoms with Crippen molar-refractivity contribution in [1.82, 2.24) is 5.32 Å². The van der Waals surface area contributed by atoms with Crippen LogP contribution >= 0.6 is 11.6 Å². The number of carbonyl (C=O) groups is 1. The van der Waals surface area contributed by atoms with Crippen molar-refractivity contribution in [1.29, 1.82) is 0 Å². The molecule has 2 aromatic rings. The lowest BCUT2D eigenvalue weighted by molar-refractivity contribution is -0.130. The summed E-state index contributed by atoms with van der Waals surface area (Å²) in [6, 6.07) is 14.9. The summed E-state index contributed by atoms with van der Waals surface area (Å²) in [5.74, 6) is -0.427. The molecule has 2 aromatic carbocycles. The van der Waals surface area contributed by atoms with Gasteiger partial charge in [0.2, 0.25) is 0 Å². The largest absolute Gasteiger partial charge is 0.378 e. The molecule has 0 saturated carbocycles. The van der Waals surface area contributed by atoms with Crippen molar-refractivity contribution >= 4 is 17.5 Å². The summed E-state index contributed by atoms with van der Waals surface area (Å²) >= 11 is 5.90. The van der Waals surface area contributed by atoms with Crippen molar-refractivity contribution in [2.75, 3.05) is 0 Å². The van der Waals surface area contributed by atoms with Crippen molar-refractivity contribution in [2.24, 2.45) is 5.73 Å². The molecule has 4 N–H and O–H groups in total. The fourth-order valence-electron chi connectivity index (χ4n) is 2.74. The summed E-state index contributed by atoms with van der Waals surface area (Å²) in [6.45, 7) is 3.90. The lowest BCUT2D eigenvalue weighted by atomic mass is 10.0. The molecule has 0 saturated heterocycles. The molecule has 0 aliphatic heterocycles. The van der Waals surface area contributed by atoms with Crippen LogP contribution in [0.4, 0.5) is 0 Å². The number of hydrogen-bond acceptors (Lipinski definition) is 3. The second-order valence-corrected chi connectivity index (χ2v) is 7.01. The Labute approximate surface area is 154 Å². The highest BCUT2D eigenvalue weighted by Crippen LogP contribution is 2.18. The third-order valence-electron chi connectivity index (χ3n) is 3.92. The molecule has 4 nitrogen and oxygen atoms in total. The number of aliphatic hydroxyl groups excluding tert-OH is 1. The number of nitrogens with two attached hydrogens (primary N) is 1. The van der Waals surface area contributed by atoms with Crippen LogP contribution in [0.15, 0.2) is 48.5 Å². The number of benzene rings is 2. The van der Waals surface area contributed by atoms with Crippen LogP contribution in [0.3, 0.4) is 0 Å². The molecule has 0 heterocycles. The van der Waals surface area contributed by atoms with Crippen molar-refractivity contribution in [2.45, 2.75) is 44.9 Å². The summed E-state index contributed by atoms with van der Waals surface area (Å²) in [4.78, 5) is 12.2. The van der Waals surface area contributed by atoms with Crippen LogP contribution in [0.1, 0.15) is 36.6 Å². The van der Waals surface area contributed by atoms with E-state index in [4.69, 9.17) is 17.3 Å². The van der Waals surface area contributed by atoms with E-state index in [0.29, 0.717) is 17.0 Å². The maximum atomic E-state index is 12.2. The van der Waals surface area contributed by atoms with Crippen LogP contribution in [0.25, 0.3) is 0 Å². The Bertz CT molecular complexity index is 701. The van der Waals surface area contributed by atoms with Gasteiger partial charge in [-0.1, -0.05) is 48.0 Å². The van der Waals surface area contributed by atoms with E-state index in [-0.39, 0.29) is 12.1 Å². The molecule has 0 aromatic heterocycles. The first kappa shape index (κ1) is 19.4. The first-order chi connectivity index (χ1) is 11.8. The summed E-state index contributed by atoms with van der Waals surface area (Å²) in [5, 5.41) is 13.5. The second-order valence-electron chi connectivity index (χ2n) is 6.57. The zero-order valence-electron chi connectivity index (χ0n) is 14.6. The van der Waals surface area contributed by atoms with Crippen LogP contribution in [-0.4, -0.2) is 23.1 Å². The van der Waals surface area contributed by atoms with Gasteiger partial charge in [-0.2, -0.15) is 0 Å². The molecule has 3 atom stereocenters. The standard InChI is InChI=1S/C20H25ClN2O2/c1-13(22)10-15-6-8-16(9-7-15)11-14(2)23-20(25)19(24)17-4-3-5-18(21)12-17/h3-9,12-14,19,24H,10-11,22H2,1-2H3,(H,23,25). The van der Waals surface area contributed by atoms with Crippen molar-refractivity contribution in [3.05, 3.63) is 70.2 Å². The van der Waals surface area contributed by atoms with Gasteiger partial charge in [0, 0.05) is 17.1 Å². The van der Waals surface area contributed by atoms with Crippen LogP contribution in [-0.2, 0) is 17.6 Å². The molecular formula is C20H25ClN2O2. The minimum Gasteiger partial charge on any atom is -0.378 e. The lowest BCUT2D eigenvalue weighted by Gasteiger charge is -2.17. The summed E-state index contributed by atoms with van der Waals surface area (Å²) in [7, 11) is 0. The third kappa shape index (κ3) is 6.16. The SMILES string of the molecule is CC(N)Cc1ccc(CC(C)NC(=O)C(O)c2cccc(Cl)c2)cc1. The highest BCUT2D eigenvalue weighted by atomic mass is 35.5. The number of rotatable bonds is 7. The molecule has 3 unspecified atom stereocenters.